The third-order valence-corrected chi connectivity index (χ3v) is 2.39. The van der Waals surface area contributed by atoms with Crippen LogP contribution in [0.2, 0.25) is 0 Å². The van der Waals surface area contributed by atoms with E-state index in [1.54, 1.807) is 0 Å². The minimum Gasteiger partial charge on any atom is -0.433 e. The van der Waals surface area contributed by atoms with Gasteiger partial charge in [0.2, 0.25) is 6.29 Å². The van der Waals surface area contributed by atoms with Gasteiger partial charge < -0.3 is 9.84 Å². The van der Waals surface area contributed by atoms with Crippen molar-refractivity contribution in [2.75, 3.05) is 0 Å². The van der Waals surface area contributed by atoms with Crippen molar-refractivity contribution in [3.05, 3.63) is 11.6 Å². The van der Waals surface area contributed by atoms with Crippen LogP contribution in [0.25, 0.3) is 0 Å². The first kappa shape index (κ1) is 16.2. The van der Waals surface area contributed by atoms with Gasteiger partial charge in [-0.1, -0.05) is 38.7 Å². The maximum atomic E-state index is 11.2. The van der Waals surface area contributed by atoms with Crippen LogP contribution < -0.4 is 0 Å². The van der Waals surface area contributed by atoms with Crippen molar-refractivity contribution >= 4 is 5.97 Å². The van der Waals surface area contributed by atoms with E-state index in [4.69, 9.17) is 4.74 Å². The van der Waals surface area contributed by atoms with Crippen LogP contribution in [0, 0.1) is 5.92 Å². The Morgan fingerprint density at radius 3 is 2.29 bits per heavy atom. The maximum absolute atomic E-state index is 11.2. The maximum Gasteiger partial charge on any atom is 0.332 e. The Morgan fingerprint density at radius 2 is 1.76 bits per heavy atom. The molecule has 0 aromatic rings. The molecule has 17 heavy (non-hydrogen) atoms. The largest absolute Gasteiger partial charge is 0.433 e. The molecule has 0 heterocycles. The highest BCUT2D eigenvalue weighted by atomic mass is 16.6. The Bertz CT molecular complexity index is 240. The second kappa shape index (κ2) is 9.23. The lowest BCUT2D eigenvalue weighted by atomic mass is 10.0. The van der Waals surface area contributed by atoms with E-state index in [9.17, 15) is 9.90 Å². The van der Waals surface area contributed by atoms with E-state index in [1.807, 2.05) is 13.8 Å². The summed E-state index contributed by atoms with van der Waals surface area (Å²) in [4.78, 5) is 11.2. The van der Waals surface area contributed by atoms with Gasteiger partial charge in [-0.15, -0.1) is 0 Å². The normalized spacial score (nSPS) is 12.4. The minimum atomic E-state index is -0.961. The number of carbonyl (C=O) groups is 1. The lowest BCUT2D eigenvalue weighted by Crippen LogP contribution is -2.16. The number of ether oxygens (including phenoxy) is 1. The molecule has 0 radical (unpaired) electrons. The molecule has 1 atom stereocenters. The van der Waals surface area contributed by atoms with E-state index in [0.717, 1.165) is 24.3 Å². The fraction of sp³-hybridized carbons (Fsp3) is 0.786. The quantitative estimate of drug-likeness (QED) is 0.307. The van der Waals surface area contributed by atoms with Gasteiger partial charge in [-0.2, -0.15) is 0 Å². The summed E-state index contributed by atoms with van der Waals surface area (Å²) in [6.07, 6.45) is 5.32. The minimum absolute atomic E-state index is 0.459. The molecular weight excluding hydrogens is 216 g/mol. The second-order valence-corrected chi connectivity index (χ2v) is 5.15. The van der Waals surface area contributed by atoms with Crippen molar-refractivity contribution in [2.24, 2.45) is 5.92 Å². The lowest BCUT2D eigenvalue weighted by molar-refractivity contribution is -0.162. The molecule has 0 aliphatic heterocycles. The summed E-state index contributed by atoms with van der Waals surface area (Å²) in [5.41, 5.74) is 0.874. The predicted octanol–water partition coefficient (Wildman–Crippen LogP) is 3.42. The van der Waals surface area contributed by atoms with E-state index in [0.29, 0.717) is 6.42 Å². The molecule has 0 spiro atoms. The zero-order valence-corrected chi connectivity index (χ0v) is 11.5. The molecular formula is C14H26O3. The summed E-state index contributed by atoms with van der Waals surface area (Å²) in [5, 5.41) is 9.47. The fourth-order valence-corrected chi connectivity index (χ4v) is 1.51. The van der Waals surface area contributed by atoms with Crippen LogP contribution in [0.3, 0.4) is 0 Å². The van der Waals surface area contributed by atoms with Crippen molar-refractivity contribution in [3.63, 3.8) is 0 Å². The summed E-state index contributed by atoms with van der Waals surface area (Å²) in [5.74, 6) is 0.273. The highest BCUT2D eigenvalue weighted by Crippen LogP contribution is 2.11. The van der Waals surface area contributed by atoms with Crippen molar-refractivity contribution in [2.45, 2.75) is 66.1 Å². The molecule has 0 aromatic heterocycles. The molecule has 0 fully saturated rings. The molecule has 0 aliphatic rings. The Morgan fingerprint density at radius 1 is 1.18 bits per heavy atom. The summed E-state index contributed by atoms with van der Waals surface area (Å²) < 4.78 is 4.83. The first-order valence-electron chi connectivity index (χ1n) is 6.45. The van der Waals surface area contributed by atoms with Crippen LogP contribution in [0.4, 0.5) is 0 Å². The molecule has 0 amide bonds. The van der Waals surface area contributed by atoms with Gasteiger partial charge >= 0.3 is 5.97 Å². The zero-order valence-electron chi connectivity index (χ0n) is 11.5. The van der Waals surface area contributed by atoms with E-state index in [2.05, 4.69) is 13.8 Å². The van der Waals surface area contributed by atoms with Crippen LogP contribution in [0.1, 0.15) is 59.8 Å². The average Bonchev–Trinajstić information content (AvgIpc) is 2.14. The summed E-state index contributed by atoms with van der Waals surface area (Å²) in [7, 11) is 0. The average molecular weight is 242 g/mol. The van der Waals surface area contributed by atoms with Crippen LogP contribution in [-0.2, 0) is 9.53 Å². The number of aliphatic hydroxyl groups is 1. The highest BCUT2D eigenvalue weighted by Gasteiger charge is 2.08. The van der Waals surface area contributed by atoms with Gasteiger partial charge in [0.05, 0.1) is 0 Å². The van der Waals surface area contributed by atoms with Gasteiger partial charge in [-0.05, 0) is 26.2 Å². The van der Waals surface area contributed by atoms with Gasteiger partial charge in [0.15, 0.2) is 0 Å². The third kappa shape index (κ3) is 11.4. The van der Waals surface area contributed by atoms with Crippen molar-refractivity contribution in [1.29, 1.82) is 0 Å². The second-order valence-electron chi connectivity index (χ2n) is 5.15. The zero-order chi connectivity index (χ0) is 13.3. The molecule has 3 nitrogen and oxygen atoms in total. The number of rotatable bonds is 8. The Labute approximate surface area is 105 Å². The van der Waals surface area contributed by atoms with Gasteiger partial charge in [0, 0.05) is 12.5 Å². The number of carbonyl (C=O) groups excluding carboxylic acids is 1. The van der Waals surface area contributed by atoms with Crippen LogP contribution >= 0.6 is 0 Å². The summed E-state index contributed by atoms with van der Waals surface area (Å²) in [6.45, 7) is 8.05. The van der Waals surface area contributed by atoms with E-state index in [1.165, 1.54) is 18.9 Å². The van der Waals surface area contributed by atoms with E-state index >= 15 is 0 Å². The van der Waals surface area contributed by atoms with Crippen LogP contribution in [-0.4, -0.2) is 17.4 Å². The molecule has 0 aliphatic carbocycles. The van der Waals surface area contributed by atoms with Crippen LogP contribution in [0.15, 0.2) is 11.6 Å². The molecule has 0 bridgehead atoms. The Hall–Kier alpha value is -0.830. The Balaban J connectivity index is 3.56. The highest BCUT2D eigenvalue weighted by molar-refractivity contribution is 5.82. The molecule has 100 valence electrons. The summed E-state index contributed by atoms with van der Waals surface area (Å²) in [6, 6.07) is 0. The summed E-state index contributed by atoms with van der Waals surface area (Å²) >= 11 is 0. The first-order chi connectivity index (χ1) is 7.91. The monoisotopic (exact) mass is 242 g/mol. The smallest absolute Gasteiger partial charge is 0.332 e. The number of hydrogen-bond acceptors (Lipinski definition) is 3. The molecule has 0 saturated heterocycles. The number of unbranched alkanes of at least 4 members (excludes halogenated alkanes) is 2. The van der Waals surface area contributed by atoms with E-state index < -0.39 is 12.3 Å². The standard InChI is InChI=1S/C14H26O3/c1-11(2)8-6-5-7-9-13(15)17-14(16)10-12(3)4/h10-11,13,15H,5-9H2,1-4H3. The fourth-order valence-electron chi connectivity index (χ4n) is 1.51. The number of aliphatic hydroxyl groups excluding tert-OH is 1. The molecule has 1 N–H and O–H groups in total. The third-order valence-electron chi connectivity index (χ3n) is 2.39. The molecule has 0 rings (SSSR count). The SMILES string of the molecule is CC(C)=CC(=O)OC(O)CCCCCC(C)C. The molecule has 1 unspecified atom stereocenters. The molecule has 0 aromatic carbocycles. The number of hydrogen-bond donors (Lipinski definition) is 1. The van der Waals surface area contributed by atoms with Gasteiger partial charge in [0.1, 0.15) is 0 Å². The molecule has 3 heteroatoms. The number of allylic oxidation sites excluding steroid dienone is 1. The Kier molecular flexibility index (Phi) is 8.78. The van der Waals surface area contributed by atoms with Gasteiger partial charge in [-0.25, -0.2) is 4.79 Å². The topological polar surface area (TPSA) is 46.5 Å². The lowest BCUT2D eigenvalue weighted by Gasteiger charge is -2.11. The van der Waals surface area contributed by atoms with Crippen molar-refractivity contribution < 1.29 is 14.6 Å². The van der Waals surface area contributed by atoms with Gasteiger partial charge in [-0.3, -0.25) is 0 Å². The van der Waals surface area contributed by atoms with E-state index in [-0.39, 0.29) is 0 Å². The number of esters is 1. The molecule has 0 saturated carbocycles. The van der Waals surface area contributed by atoms with Crippen molar-refractivity contribution in [1.82, 2.24) is 0 Å². The predicted molar refractivity (Wildman–Crippen MR) is 69.5 cm³/mol. The van der Waals surface area contributed by atoms with Crippen molar-refractivity contribution in [3.8, 4) is 0 Å². The van der Waals surface area contributed by atoms with Gasteiger partial charge in [0.25, 0.3) is 0 Å². The van der Waals surface area contributed by atoms with Crippen LogP contribution in [0.5, 0.6) is 0 Å². The first-order valence-corrected chi connectivity index (χ1v) is 6.45.